The van der Waals surface area contributed by atoms with Gasteiger partial charge in [-0.1, -0.05) is 0 Å². The number of hydrogen-bond donors (Lipinski definition) is 2. The zero-order valence-corrected chi connectivity index (χ0v) is 16.6. The zero-order valence-electron chi connectivity index (χ0n) is 16.6. The van der Waals surface area contributed by atoms with Crippen molar-refractivity contribution in [3.8, 4) is 23.0 Å². The van der Waals surface area contributed by atoms with Gasteiger partial charge in [0.05, 0.1) is 12.6 Å². The molecule has 0 radical (unpaired) electrons. The van der Waals surface area contributed by atoms with Gasteiger partial charge in [-0.2, -0.15) is 0 Å². The Balaban J connectivity index is 1.85. The van der Waals surface area contributed by atoms with Crippen LogP contribution >= 0.6 is 0 Å². The monoisotopic (exact) mass is 413 g/mol. The van der Waals surface area contributed by atoms with Crippen molar-refractivity contribution in [2.45, 2.75) is 6.92 Å². The molecular formula is C21H20FN3O5. The predicted octanol–water partition coefficient (Wildman–Crippen LogP) is 3.30. The van der Waals surface area contributed by atoms with E-state index in [1.807, 2.05) is 0 Å². The van der Waals surface area contributed by atoms with Crippen molar-refractivity contribution < 1.29 is 28.6 Å². The number of halogens is 1. The van der Waals surface area contributed by atoms with Gasteiger partial charge in [-0.3, -0.25) is 14.6 Å². The molecule has 0 saturated carbocycles. The number of aromatic nitrogens is 1. The number of phenols is 1. The van der Waals surface area contributed by atoms with E-state index >= 15 is 0 Å². The maximum Gasteiger partial charge on any atom is 0.313 e. The van der Waals surface area contributed by atoms with Crippen molar-refractivity contribution in [3.05, 3.63) is 48.4 Å². The van der Waals surface area contributed by atoms with Crippen LogP contribution in [0, 0.1) is 5.82 Å². The molecule has 2 amide bonds. The summed E-state index contributed by atoms with van der Waals surface area (Å²) in [6.07, 6.45) is 1.46. The van der Waals surface area contributed by atoms with Crippen LogP contribution in [0.2, 0.25) is 0 Å². The van der Waals surface area contributed by atoms with Crippen LogP contribution in [0.15, 0.2) is 42.6 Å². The lowest BCUT2D eigenvalue weighted by Gasteiger charge is -2.14. The summed E-state index contributed by atoms with van der Waals surface area (Å²) in [6.45, 7) is 2.10. The van der Waals surface area contributed by atoms with E-state index in [1.165, 1.54) is 49.5 Å². The fraction of sp³-hybridized carbons (Fsp3) is 0.190. The van der Waals surface area contributed by atoms with Crippen LogP contribution in [0.25, 0.3) is 10.9 Å². The van der Waals surface area contributed by atoms with Gasteiger partial charge in [-0.05, 0) is 31.2 Å². The average Bonchev–Trinajstić information content (AvgIpc) is 2.74. The Morgan fingerprint density at radius 2 is 1.93 bits per heavy atom. The van der Waals surface area contributed by atoms with Crippen molar-refractivity contribution in [2.75, 3.05) is 26.0 Å². The molecule has 0 aliphatic heterocycles. The maximum atomic E-state index is 14.6. The average molecular weight is 413 g/mol. The topological polar surface area (TPSA) is 101 Å². The van der Waals surface area contributed by atoms with Crippen LogP contribution in [0.5, 0.6) is 23.0 Å². The summed E-state index contributed by atoms with van der Waals surface area (Å²) in [5, 5.41) is 12.8. The summed E-state index contributed by atoms with van der Waals surface area (Å²) < 4.78 is 25.4. The summed E-state index contributed by atoms with van der Waals surface area (Å²) in [5.74, 6) is -1.97. The molecule has 0 bridgehead atoms. The first-order valence-corrected chi connectivity index (χ1v) is 9.03. The molecule has 2 N–H and O–H groups in total. The number of ether oxygens (including phenoxy) is 2. The molecule has 1 heterocycles. The fourth-order valence-electron chi connectivity index (χ4n) is 2.67. The summed E-state index contributed by atoms with van der Waals surface area (Å²) in [4.78, 5) is 29.2. The van der Waals surface area contributed by atoms with Gasteiger partial charge in [0.1, 0.15) is 5.75 Å². The molecule has 30 heavy (non-hydrogen) atoms. The Kier molecular flexibility index (Phi) is 6.01. The third kappa shape index (κ3) is 4.24. The van der Waals surface area contributed by atoms with E-state index in [9.17, 15) is 19.1 Å². The second kappa shape index (κ2) is 8.64. The number of rotatable bonds is 5. The minimum absolute atomic E-state index is 0.0795. The molecule has 2 aromatic carbocycles. The van der Waals surface area contributed by atoms with E-state index < -0.39 is 17.6 Å². The van der Waals surface area contributed by atoms with Crippen LogP contribution in [-0.2, 0) is 9.59 Å². The molecule has 0 saturated heterocycles. The summed E-state index contributed by atoms with van der Waals surface area (Å²) >= 11 is 0. The van der Waals surface area contributed by atoms with Crippen LogP contribution in [-0.4, -0.2) is 47.5 Å². The fourth-order valence-corrected chi connectivity index (χ4v) is 2.67. The number of carbonyl (C=O) groups excluding carboxylic acids is 2. The first-order valence-electron chi connectivity index (χ1n) is 9.03. The molecule has 0 aliphatic carbocycles. The molecule has 156 valence electrons. The zero-order chi connectivity index (χ0) is 21.8. The number of phenolic OH excluding ortho intramolecular Hbond substituents is 1. The van der Waals surface area contributed by atoms with Crippen LogP contribution < -0.4 is 14.8 Å². The van der Waals surface area contributed by atoms with Crippen LogP contribution in [0.3, 0.4) is 0 Å². The van der Waals surface area contributed by atoms with E-state index in [1.54, 1.807) is 13.0 Å². The van der Waals surface area contributed by atoms with Crippen molar-refractivity contribution in [1.82, 2.24) is 9.88 Å². The first-order chi connectivity index (χ1) is 14.3. The van der Waals surface area contributed by atoms with Gasteiger partial charge >= 0.3 is 11.8 Å². The Labute approximate surface area is 171 Å². The van der Waals surface area contributed by atoms with Gasteiger partial charge in [0.15, 0.2) is 23.1 Å². The lowest BCUT2D eigenvalue weighted by Crippen LogP contribution is -2.36. The predicted molar refractivity (Wildman–Crippen MR) is 108 cm³/mol. The lowest BCUT2D eigenvalue weighted by atomic mass is 10.2. The molecule has 3 rings (SSSR count). The number of fused-ring (bicyclic) bond motifs is 1. The minimum atomic E-state index is -0.862. The Hall–Kier alpha value is -3.88. The molecule has 0 unspecified atom stereocenters. The van der Waals surface area contributed by atoms with E-state index in [2.05, 4.69) is 10.3 Å². The highest BCUT2D eigenvalue weighted by Gasteiger charge is 2.18. The minimum Gasteiger partial charge on any atom is -0.504 e. The molecule has 0 atom stereocenters. The third-order valence-electron chi connectivity index (χ3n) is 4.43. The highest BCUT2D eigenvalue weighted by molar-refractivity contribution is 6.39. The summed E-state index contributed by atoms with van der Waals surface area (Å²) in [7, 11) is 2.90. The number of nitrogens with zero attached hydrogens (tertiary/aromatic N) is 2. The SMILES string of the molecule is CCN(C)C(=O)C(=O)Nc1ccc(Oc2ccnc3cc(O)c(OC)cc23)c(F)c1. The second-order valence-corrected chi connectivity index (χ2v) is 6.37. The van der Waals surface area contributed by atoms with Crippen molar-refractivity contribution >= 4 is 28.4 Å². The van der Waals surface area contributed by atoms with Crippen molar-refractivity contribution in [3.63, 3.8) is 0 Å². The van der Waals surface area contributed by atoms with E-state index in [-0.39, 0.29) is 22.9 Å². The number of anilines is 1. The number of aromatic hydroxyl groups is 1. The highest BCUT2D eigenvalue weighted by atomic mass is 19.1. The number of methoxy groups -OCH3 is 1. The number of likely N-dealkylation sites (N-methyl/N-ethyl adjacent to an activating group) is 1. The summed E-state index contributed by atoms with van der Waals surface area (Å²) in [6, 6.07) is 8.32. The van der Waals surface area contributed by atoms with Gasteiger partial charge in [0.2, 0.25) is 0 Å². The number of carbonyl (C=O) groups is 2. The summed E-state index contributed by atoms with van der Waals surface area (Å²) in [5.41, 5.74) is 0.558. The van der Waals surface area contributed by atoms with Gasteiger partial charge in [-0.15, -0.1) is 0 Å². The lowest BCUT2D eigenvalue weighted by molar-refractivity contribution is -0.142. The van der Waals surface area contributed by atoms with Crippen LogP contribution in [0.4, 0.5) is 10.1 Å². The molecule has 3 aromatic rings. The second-order valence-electron chi connectivity index (χ2n) is 6.37. The van der Waals surface area contributed by atoms with E-state index in [0.29, 0.717) is 23.2 Å². The van der Waals surface area contributed by atoms with E-state index in [0.717, 1.165) is 6.07 Å². The molecule has 0 aliphatic rings. The molecule has 8 nitrogen and oxygen atoms in total. The van der Waals surface area contributed by atoms with Gasteiger partial charge in [0.25, 0.3) is 0 Å². The van der Waals surface area contributed by atoms with Gasteiger partial charge in [0, 0.05) is 43.0 Å². The van der Waals surface area contributed by atoms with Crippen LogP contribution in [0.1, 0.15) is 6.92 Å². The quantitative estimate of drug-likeness (QED) is 0.623. The highest BCUT2D eigenvalue weighted by Crippen LogP contribution is 2.37. The number of pyridine rings is 1. The van der Waals surface area contributed by atoms with Crippen molar-refractivity contribution in [2.24, 2.45) is 0 Å². The number of benzene rings is 2. The standard InChI is InChI=1S/C21H20FN3O5/c1-4-25(2)21(28)20(27)24-12-5-6-18(14(22)9-12)30-17-7-8-23-15-11-16(26)19(29-3)10-13(15)17/h5-11,26H,4H2,1-3H3,(H,24,27). The molecule has 0 fully saturated rings. The Morgan fingerprint density at radius 1 is 1.17 bits per heavy atom. The normalized spacial score (nSPS) is 10.5. The third-order valence-corrected chi connectivity index (χ3v) is 4.43. The van der Waals surface area contributed by atoms with E-state index in [4.69, 9.17) is 9.47 Å². The largest absolute Gasteiger partial charge is 0.504 e. The number of amides is 2. The Bertz CT molecular complexity index is 1120. The molecular weight excluding hydrogens is 393 g/mol. The first kappa shape index (κ1) is 20.8. The van der Waals surface area contributed by atoms with Gasteiger partial charge in [-0.25, -0.2) is 4.39 Å². The molecule has 0 spiro atoms. The molecule has 1 aromatic heterocycles. The molecule has 9 heteroatoms. The smallest absolute Gasteiger partial charge is 0.313 e. The number of nitrogens with one attached hydrogen (secondary N) is 1. The Morgan fingerprint density at radius 3 is 2.60 bits per heavy atom. The number of hydrogen-bond acceptors (Lipinski definition) is 6. The van der Waals surface area contributed by atoms with Gasteiger partial charge < -0.3 is 24.8 Å². The van der Waals surface area contributed by atoms with Crippen molar-refractivity contribution in [1.29, 1.82) is 0 Å². The maximum absolute atomic E-state index is 14.6.